The van der Waals surface area contributed by atoms with E-state index >= 15 is 0 Å². The maximum Gasteiger partial charge on any atom is 0.338 e. The van der Waals surface area contributed by atoms with Crippen molar-refractivity contribution in [2.75, 3.05) is 6.61 Å². The molecule has 9 nitrogen and oxygen atoms in total. The number of hydrogen-bond acceptors (Lipinski definition) is 9. The molecule has 1 aromatic rings. The van der Waals surface area contributed by atoms with Crippen molar-refractivity contribution in [1.29, 1.82) is 0 Å². The monoisotopic (exact) mass is 410 g/mol. The van der Waals surface area contributed by atoms with Gasteiger partial charge < -0.3 is 35.0 Å². The van der Waals surface area contributed by atoms with Crippen LogP contribution in [0.15, 0.2) is 24.3 Å². The van der Waals surface area contributed by atoms with E-state index in [1.54, 1.807) is 0 Å². The number of phenolic OH excluding ortho intramolecular Hbond substituents is 2. The smallest absolute Gasteiger partial charge is 0.338 e. The number of rotatable bonds is 7. The first-order valence-corrected chi connectivity index (χ1v) is 9.32. The number of aliphatic hydroxyl groups excluding tert-OH is 2. The van der Waals surface area contributed by atoms with E-state index in [2.05, 4.69) is 0 Å². The Morgan fingerprint density at radius 1 is 1.21 bits per heavy atom. The van der Waals surface area contributed by atoms with E-state index in [1.165, 1.54) is 24.3 Å². The van der Waals surface area contributed by atoms with Crippen LogP contribution in [0.1, 0.15) is 38.2 Å². The molecular weight excluding hydrogens is 384 g/mol. The first-order valence-electron chi connectivity index (χ1n) is 9.32. The fourth-order valence-corrected chi connectivity index (χ4v) is 2.97. The summed E-state index contributed by atoms with van der Waals surface area (Å²) in [6.07, 6.45) is -1.42. The summed E-state index contributed by atoms with van der Waals surface area (Å²) in [6.45, 7) is 2.02. The highest BCUT2D eigenvalue weighted by molar-refractivity contribution is 5.87. The summed E-state index contributed by atoms with van der Waals surface area (Å²) in [5, 5.41) is 49.4. The van der Waals surface area contributed by atoms with Crippen molar-refractivity contribution in [2.24, 2.45) is 0 Å². The van der Waals surface area contributed by atoms with E-state index in [9.17, 15) is 35.1 Å². The number of aliphatic hydroxyl groups is 3. The van der Waals surface area contributed by atoms with Gasteiger partial charge in [-0.05, 0) is 30.2 Å². The van der Waals surface area contributed by atoms with Crippen molar-refractivity contribution in [3.05, 3.63) is 29.8 Å². The average Bonchev–Trinajstić information content (AvgIpc) is 2.67. The topological polar surface area (TPSA) is 154 Å². The molecule has 160 valence electrons. The molecule has 0 radical (unpaired) electrons. The van der Waals surface area contributed by atoms with Gasteiger partial charge in [-0.25, -0.2) is 9.59 Å². The number of carbonyl (C=O) groups excluding carboxylic acids is 2. The van der Waals surface area contributed by atoms with E-state index in [1.807, 2.05) is 6.92 Å². The van der Waals surface area contributed by atoms with Crippen LogP contribution < -0.4 is 0 Å². The lowest BCUT2D eigenvalue weighted by atomic mass is 9.79. The van der Waals surface area contributed by atoms with E-state index in [0.29, 0.717) is 12.0 Å². The summed E-state index contributed by atoms with van der Waals surface area (Å²) < 4.78 is 10.1. The van der Waals surface area contributed by atoms with Gasteiger partial charge in [0.1, 0.15) is 12.2 Å². The fourth-order valence-electron chi connectivity index (χ4n) is 2.97. The van der Waals surface area contributed by atoms with Gasteiger partial charge in [0.05, 0.1) is 12.7 Å². The largest absolute Gasteiger partial charge is 0.504 e. The molecule has 5 N–H and O–H groups in total. The Labute approximate surface area is 167 Å². The highest BCUT2D eigenvalue weighted by Crippen LogP contribution is 2.32. The molecule has 1 aliphatic rings. The maximum absolute atomic E-state index is 12.2. The minimum Gasteiger partial charge on any atom is -0.504 e. The molecule has 0 bridgehead atoms. The van der Waals surface area contributed by atoms with Crippen LogP contribution in [-0.4, -0.2) is 68.0 Å². The number of carbonyl (C=O) groups is 2. The number of aromatic hydroxyl groups is 2. The molecule has 1 aromatic carbocycles. The van der Waals surface area contributed by atoms with Crippen molar-refractivity contribution in [3.8, 4) is 11.5 Å². The molecule has 0 aliphatic heterocycles. The van der Waals surface area contributed by atoms with Gasteiger partial charge in [-0.1, -0.05) is 19.4 Å². The molecule has 4 atom stereocenters. The number of benzene rings is 1. The van der Waals surface area contributed by atoms with Crippen LogP contribution in [0.3, 0.4) is 0 Å². The highest BCUT2D eigenvalue weighted by Gasteiger charge is 2.51. The predicted molar refractivity (Wildman–Crippen MR) is 101 cm³/mol. The molecule has 29 heavy (non-hydrogen) atoms. The number of esters is 2. The van der Waals surface area contributed by atoms with Crippen LogP contribution >= 0.6 is 0 Å². The van der Waals surface area contributed by atoms with Crippen molar-refractivity contribution in [3.63, 3.8) is 0 Å². The molecule has 0 aromatic heterocycles. The zero-order valence-electron chi connectivity index (χ0n) is 16.0. The minimum absolute atomic E-state index is 0.114. The van der Waals surface area contributed by atoms with Gasteiger partial charge in [0, 0.05) is 18.9 Å². The Kier molecular flexibility index (Phi) is 7.60. The zero-order chi connectivity index (χ0) is 21.6. The lowest BCUT2D eigenvalue weighted by molar-refractivity contribution is -0.200. The van der Waals surface area contributed by atoms with E-state index in [-0.39, 0.29) is 18.1 Å². The molecule has 0 amide bonds. The molecule has 0 saturated heterocycles. The average molecular weight is 410 g/mol. The van der Waals surface area contributed by atoms with Gasteiger partial charge in [-0.2, -0.15) is 0 Å². The van der Waals surface area contributed by atoms with E-state index < -0.39 is 48.7 Å². The minimum atomic E-state index is -2.08. The lowest BCUT2D eigenvalue weighted by Gasteiger charge is -2.39. The summed E-state index contributed by atoms with van der Waals surface area (Å²) in [7, 11) is 0. The third-order valence-corrected chi connectivity index (χ3v) is 4.65. The van der Waals surface area contributed by atoms with Crippen molar-refractivity contribution in [1.82, 2.24) is 0 Å². The number of hydrogen-bond donors (Lipinski definition) is 5. The second-order valence-electron chi connectivity index (χ2n) is 7.04. The summed E-state index contributed by atoms with van der Waals surface area (Å²) in [5.74, 6) is -2.50. The lowest BCUT2D eigenvalue weighted by Crippen LogP contribution is -2.57. The van der Waals surface area contributed by atoms with Crippen molar-refractivity contribution >= 4 is 18.0 Å². The first-order chi connectivity index (χ1) is 13.7. The van der Waals surface area contributed by atoms with Gasteiger partial charge in [-0.3, -0.25) is 0 Å². The third-order valence-electron chi connectivity index (χ3n) is 4.65. The van der Waals surface area contributed by atoms with Gasteiger partial charge in [0.25, 0.3) is 0 Å². The quantitative estimate of drug-likeness (QED) is 0.188. The Morgan fingerprint density at radius 3 is 2.59 bits per heavy atom. The normalized spacial score (nSPS) is 27.0. The van der Waals surface area contributed by atoms with Gasteiger partial charge in [0.15, 0.2) is 17.1 Å². The predicted octanol–water partition coefficient (Wildman–Crippen LogP) is 0.613. The molecule has 0 unspecified atom stereocenters. The Balaban J connectivity index is 2.03. The molecule has 2 rings (SSSR count). The van der Waals surface area contributed by atoms with Crippen LogP contribution in [0.4, 0.5) is 0 Å². The van der Waals surface area contributed by atoms with Crippen LogP contribution in [0.2, 0.25) is 0 Å². The standard InChI is InChI=1S/C20H26O9/c1-2-3-8-28-19(26)20(27)10-15(23)18(25)16(11-20)29-17(24)7-5-12-4-6-13(21)14(22)9-12/h4-7,9,15-16,18,21-23,25,27H,2-3,8,10-11H2,1H3/b7-5-/t15-,16-,18-,20+/m1/s1. The summed E-state index contributed by atoms with van der Waals surface area (Å²) in [6, 6.07) is 3.92. The van der Waals surface area contributed by atoms with Gasteiger partial charge in [-0.15, -0.1) is 0 Å². The molecule has 1 aliphatic carbocycles. The second-order valence-corrected chi connectivity index (χ2v) is 7.04. The van der Waals surface area contributed by atoms with Gasteiger partial charge >= 0.3 is 11.9 Å². The third kappa shape index (κ3) is 5.93. The van der Waals surface area contributed by atoms with Crippen LogP contribution in [0.25, 0.3) is 6.08 Å². The molecular formula is C20H26O9. The van der Waals surface area contributed by atoms with E-state index in [4.69, 9.17) is 9.47 Å². The Bertz CT molecular complexity index is 760. The van der Waals surface area contributed by atoms with Crippen molar-refractivity contribution < 1.29 is 44.6 Å². The number of phenols is 2. The SMILES string of the molecule is CCCCOC(=O)[C@]1(O)C[C@@H](O)[C@@H](O)[C@H](OC(=O)/C=C\c2ccc(O)c(O)c2)C1. The van der Waals surface area contributed by atoms with E-state index in [0.717, 1.165) is 12.5 Å². The molecule has 9 heteroatoms. The zero-order valence-corrected chi connectivity index (χ0v) is 16.0. The first kappa shape index (κ1) is 22.7. The summed E-state index contributed by atoms with van der Waals surface area (Å²) in [5.41, 5.74) is -1.68. The Hall–Kier alpha value is -2.62. The summed E-state index contributed by atoms with van der Waals surface area (Å²) in [4.78, 5) is 24.3. The fraction of sp³-hybridized carbons (Fsp3) is 0.500. The van der Waals surface area contributed by atoms with Crippen LogP contribution in [-0.2, 0) is 19.1 Å². The van der Waals surface area contributed by atoms with Crippen LogP contribution in [0, 0.1) is 0 Å². The molecule has 0 heterocycles. The number of ether oxygens (including phenoxy) is 2. The highest BCUT2D eigenvalue weighted by atomic mass is 16.6. The molecule has 0 spiro atoms. The molecule has 1 fully saturated rings. The second kappa shape index (κ2) is 9.73. The maximum atomic E-state index is 12.2. The van der Waals surface area contributed by atoms with Crippen molar-refractivity contribution in [2.45, 2.75) is 56.5 Å². The summed E-state index contributed by atoms with van der Waals surface area (Å²) >= 11 is 0. The Morgan fingerprint density at radius 2 is 1.93 bits per heavy atom. The van der Waals surface area contributed by atoms with Gasteiger partial charge in [0.2, 0.25) is 0 Å². The van der Waals surface area contributed by atoms with Crippen LogP contribution in [0.5, 0.6) is 11.5 Å². The number of unbranched alkanes of at least 4 members (excludes halogenated alkanes) is 1. The molecule has 1 saturated carbocycles.